The molecule has 0 aliphatic heterocycles. The molecule has 0 spiro atoms. The summed E-state index contributed by atoms with van der Waals surface area (Å²) in [5.74, 6) is -0.0570. The van der Waals surface area contributed by atoms with Crippen LogP contribution in [0.5, 0.6) is 0 Å². The van der Waals surface area contributed by atoms with Gasteiger partial charge in [-0.05, 0) is 25.8 Å². The van der Waals surface area contributed by atoms with E-state index in [1.807, 2.05) is 0 Å². The third kappa shape index (κ3) is 2.93. The van der Waals surface area contributed by atoms with Gasteiger partial charge in [0.1, 0.15) is 6.04 Å². The van der Waals surface area contributed by atoms with E-state index in [0.717, 1.165) is 12.8 Å². The molecule has 1 aliphatic carbocycles. The van der Waals surface area contributed by atoms with Gasteiger partial charge in [0, 0.05) is 18.3 Å². The molecule has 0 bridgehead atoms. The van der Waals surface area contributed by atoms with Crippen LogP contribution in [0.2, 0.25) is 0 Å². The lowest BCUT2D eigenvalue weighted by molar-refractivity contribution is -0.384. The molecule has 1 heterocycles. The molecule has 7 heteroatoms. The van der Waals surface area contributed by atoms with Gasteiger partial charge in [-0.3, -0.25) is 14.9 Å². The number of rotatable bonds is 5. The van der Waals surface area contributed by atoms with Crippen LogP contribution >= 0.6 is 0 Å². The number of pyridine rings is 1. The van der Waals surface area contributed by atoms with Crippen LogP contribution in [0.1, 0.15) is 19.8 Å². The van der Waals surface area contributed by atoms with Crippen molar-refractivity contribution in [2.45, 2.75) is 31.8 Å². The standard InChI is InChI=1S/C11H14N4O3/c1-7(11(16)14-8-4-5-8)13-10-9(15(17)18)3-2-6-12-10/h2-3,6-8H,4-5H2,1H3,(H,12,13)(H,14,16). The SMILES string of the molecule is CC(Nc1ncccc1[N+](=O)[O-])C(=O)NC1CC1. The second-order valence-corrected chi connectivity index (χ2v) is 4.28. The lowest BCUT2D eigenvalue weighted by Crippen LogP contribution is -2.38. The van der Waals surface area contributed by atoms with Crippen molar-refractivity contribution >= 4 is 17.4 Å². The quantitative estimate of drug-likeness (QED) is 0.601. The van der Waals surface area contributed by atoms with Crippen LogP contribution in [0, 0.1) is 10.1 Å². The lowest BCUT2D eigenvalue weighted by Gasteiger charge is -2.14. The van der Waals surface area contributed by atoms with Gasteiger partial charge >= 0.3 is 5.69 Å². The molecule has 18 heavy (non-hydrogen) atoms. The summed E-state index contributed by atoms with van der Waals surface area (Å²) >= 11 is 0. The lowest BCUT2D eigenvalue weighted by atomic mass is 10.3. The van der Waals surface area contributed by atoms with E-state index in [1.165, 1.54) is 18.3 Å². The first kappa shape index (κ1) is 12.3. The predicted octanol–water partition coefficient (Wildman–Crippen LogP) is 1.07. The summed E-state index contributed by atoms with van der Waals surface area (Å²) in [4.78, 5) is 25.9. The number of nitro groups is 1. The van der Waals surface area contributed by atoms with Crippen LogP contribution in [0.25, 0.3) is 0 Å². The molecule has 1 atom stereocenters. The van der Waals surface area contributed by atoms with E-state index < -0.39 is 11.0 Å². The highest BCUT2D eigenvalue weighted by atomic mass is 16.6. The van der Waals surface area contributed by atoms with E-state index in [9.17, 15) is 14.9 Å². The molecule has 0 radical (unpaired) electrons. The van der Waals surface area contributed by atoms with Gasteiger partial charge in [-0.1, -0.05) is 0 Å². The fraction of sp³-hybridized carbons (Fsp3) is 0.455. The Morgan fingerprint density at radius 2 is 2.33 bits per heavy atom. The molecule has 1 amide bonds. The molecule has 2 N–H and O–H groups in total. The summed E-state index contributed by atoms with van der Waals surface area (Å²) in [5, 5.41) is 16.4. The first-order chi connectivity index (χ1) is 8.58. The van der Waals surface area contributed by atoms with E-state index in [-0.39, 0.29) is 23.5 Å². The minimum Gasteiger partial charge on any atom is -0.353 e. The van der Waals surface area contributed by atoms with Crippen molar-refractivity contribution in [2.24, 2.45) is 0 Å². The molecule has 7 nitrogen and oxygen atoms in total. The van der Waals surface area contributed by atoms with Crippen molar-refractivity contribution in [3.05, 3.63) is 28.4 Å². The third-order valence-electron chi connectivity index (χ3n) is 2.65. The van der Waals surface area contributed by atoms with E-state index in [0.29, 0.717) is 0 Å². The largest absolute Gasteiger partial charge is 0.353 e. The fourth-order valence-electron chi connectivity index (χ4n) is 1.48. The Morgan fingerprint density at radius 1 is 1.61 bits per heavy atom. The molecular weight excluding hydrogens is 236 g/mol. The molecule has 96 valence electrons. The van der Waals surface area contributed by atoms with Crippen molar-refractivity contribution in [3.63, 3.8) is 0 Å². The summed E-state index contributed by atoms with van der Waals surface area (Å²) in [5.41, 5.74) is -0.136. The maximum atomic E-state index is 11.7. The van der Waals surface area contributed by atoms with E-state index in [1.54, 1.807) is 6.92 Å². The number of nitrogens with one attached hydrogen (secondary N) is 2. The number of amides is 1. The molecule has 1 aliphatic rings. The van der Waals surface area contributed by atoms with Crippen LogP contribution in [0.3, 0.4) is 0 Å². The Morgan fingerprint density at radius 3 is 2.94 bits per heavy atom. The summed E-state index contributed by atoms with van der Waals surface area (Å²) in [6.07, 6.45) is 3.45. The topological polar surface area (TPSA) is 97.2 Å². The van der Waals surface area contributed by atoms with Crippen molar-refractivity contribution in [2.75, 3.05) is 5.32 Å². The van der Waals surface area contributed by atoms with Crippen LogP contribution in [-0.4, -0.2) is 27.9 Å². The van der Waals surface area contributed by atoms with Gasteiger partial charge in [0.15, 0.2) is 0 Å². The zero-order valence-corrected chi connectivity index (χ0v) is 9.92. The summed E-state index contributed by atoms with van der Waals surface area (Å²) in [7, 11) is 0. The van der Waals surface area contributed by atoms with Crippen molar-refractivity contribution in [1.29, 1.82) is 0 Å². The first-order valence-corrected chi connectivity index (χ1v) is 5.74. The van der Waals surface area contributed by atoms with E-state index in [4.69, 9.17) is 0 Å². The number of nitrogens with zero attached hydrogens (tertiary/aromatic N) is 2. The number of anilines is 1. The van der Waals surface area contributed by atoms with Gasteiger partial charge in [-0.25, -0.2) is 4.98 Å². The highest BCUT2D eigenvalue weighted by Gasteiger charge is 2.26. The normalized spacial score (nSPS) is 15.8. The average Bonchev–Trinajstić information content (AvgIpc) is 3.13. The summed E-state index contributed by atoms with van der Waals surface area (Å²) in [6.45, 7) is 1.65. The Kier molecular flexibility index (Phi) is 3.40. The minimum atomic E-state index is -0.556. The molecule has 1 fully saturated rings. The Balaban J connectivity index is 2.03. The molecule has 2 rings (SSSR count). The van der Waals surface area contributed by atoms with Gasteiger partial charge in [0.05, 0.1) is 4.92 Å². The molecule has 1 unspecified atom stereocenters. The number of aromatic nitrogens is 1. The van der Waals surface area contributed by atoms with E-state index in [2.05, 4.69) is 15.6 Å². The third-order valence-corrected chi connectivity index (χ3v) is 2.65. The first-order valence-electron chi connectivity index (χ1n) is 5.74. The molecule has 0 aromatic carbocycles. The number of carbonyl (C=O) groups is 1. The van der Waals surface area contributed by atoms with E-state index >= 15 is 0 Å². The molecule has 1 saturated carbocycles. The fourth-order valence-corrected chi connectivity index (χ4v) is 1.48. The van der Waals surface area contributed by atoms with Gasteiger partial charge in [-0.15, -0.1) is 0 Å². The van der Waals surface area contributed by atoms with Crippen LogP contribution in [0.15, 0.2) is 18.3 Å². The Bertz CT molecular complexity index is 473. The summed E-state index contributed by atoms with van der Waals surface area (Å²) in [6, 6.07) is 2.54. The van der Waals surface area contributed by atoms with Gasteiger partial charge in [0.25, 0.3) is 0 Å². The molecular formula is C11H14N4O3. The zero-order valence-electron chi connectivity index (χ0n) is 9.92. The van der Waals surface area contributed by atoms with Crippen LogP contribution in [0.4, 0.5) is 11.5 Å². The molecule has 0 saturated heterocycles. The minimum absolute atomic E-state index is 0.112. The monoisotopic (exact) mass is 250 g/mol. The van der Waals surface area contributed by atoms with Gasteiger partial charge in [0.2, 0.25) is 11.7 Å². The Labute approximate surface area is 104 Å². The van der Waals surface area contributed by atoms with Crippen LogP contribution in [-0.2, 0) is 4.79 Å². The van der Waals surface area contributed by atoms with Crippen LogP contribution < -0.4 is 10.6 Å². The van der Waals surface area contributed by atoms with Gasteiger partial charge in [-0.2, -0.15) is 0 Å². The maximum Gasteiger partial charge on any atom is 0.311 e. The molecule has 1 aromatic heterocycles. The average molecular weight is 250 g/mol. The van der Waals surface area contributed by atoms with Crippen molar-refractivity contribution in [1.82, 2.24) is 10.3 Å². The number of hydrogen-bond donors (Lipinski definition) is 2. The number of carbonyl (C=O) groups excluding carboxylic acids is 1. The maximum absolute atomic E-state index is 11.7. The Hall–Kier alpha value is -2.18. The van der Waals surface area contributed by atoms with Crippen molar-refractivity contribution < 1.29 is 9.72 Å². The van der Waals surface area contributed by atoms with Gasteiger partial charge < -0.3 is 10.6 Å². The predicted molar refractivity (Wildman–Crippen MR) is 65.1 cm³/mol. The zero-order chi connectivity index (χ0) is 13.1. The highest BCUT2D eigenvalue weighted by molar-refractivity contribution is 5.85. The molecule has 1 aromatic rings. The smallest absolute Gasteiger partial charge is 0.311 e. The second-order valence-electron chi connectivity index (χ2n) is 4.28. The summed E-state index contributed by atoms with van der Waals surface area (Å²) < 4.78 is 0. The highest BCUT2D eigenvalue weighted by Crippen LogP contribution is 2.22. The second kappa shape index (κ2) is 4.99. The van der Waals surface area contributed by atoms with Crippen molar-refractivity contribution in [3.8, 4) is 0 Å². The number of hydrogen-bond acceptors (Lipinski definition) is 5.